The Hall–Kier alpha value is -1.74. The van der Waals surface area contributed by atoms with E-state index >= 15 is 0 Å². The van der Waals surface area contributed by atoms with Crippen LogP contribution >= 0.6 is 11.3 Å². The highest BCUT2D eigenvalue weighted by Gasteiger charge is 2.20. The van der Waals surface area contributed by atoms with E-state index in [1.165, 1.54) is 13.2 Å². The van der Waals surface area contributed by atoms with Crippen molar-refractivity contribution in [2.45, 2.75) is 11.3 Å². The van der Waals surface area contributed by atoms with Crippen LogP contribution in [-0.2, 0) is 19.4 Å². The molecule has 2 N–H and O–H groups in total. The molecule has 0 atom stereocenters. The lowest BCUT2D eigenvalue weighted by molar-refractivity contribution is -0.140. The summed E-state index contributed by atoms with van der Waals surface area (Å²) in [5.74, 6) is -1.84. The number of nitrogens with zero attached hydrogens (tertiary/aromatic N) is 1. The van der Waals surface area contributed by atoms with Gasteiger partial charge in [0, 0.05) is 0 Å². The summed E-state index contributed by atoms with van der Waals surface area (Å²) in [5, 5.41) is 0.156. The van der Waals surface area contributed by atoms with E-state index in [0.29, 0.717) is 4.70 Å². The molecule has 1 heterocycles. The first-order valence-corrected chi connectivity index (χ1v) is 7.95. The van der Waals surface area contributed by atoms with Gasteiger partial charge in [0.15, 0.2) is 20.8 Å². The van der Waals surface area contributed by atoms with Crippen molar-refractivity contribution in [2.24, 2.45) is 0 Å². The van der Waals surface area contributed by atoms with E-state index in [2.05, 4.69) is 9.72 Å². The minimum absolute atomic E-state index is 0.0411. The molecule has 0 unspecified atom stereocenters. The normalized spacial score (nSPS) is 11.7. The van der Waals surface area contributed by atoms with Crippen molar-refractivity contribution in [1.82, 2.24) is 4.98 Å². The summed E-state index contributed by atoms with van der Waals surface area (Å²) < 4.78 is 42.6. The van der Waals surface area contributed by atoms with Gasteiger partial charge in [-0.1, -0.05) is 11.3 Å². The number of carbonyl (C=O) groups excluding carboxylic acids is 1. The molecule has 1 aromatic heterocycles. The molecular formula is C11H11FN2O4S2. The van der Waals surface area contributed by atoms with Gasteiger partial charge in [-0.05, 0) is 12.1 Å². The number of sulfone groups is 1. The second-order valence-corrected chi connectivity index (χ2v) is 7.12. The van der Waals surface area contributed by atoms with Crippen LogP contribution in [0.3, 0.4) is 0 Å². The van der Waals surface area contributed by atoms with E-state index in [0.717, 1.165) is 17.4 Å². The van der Waals surface area contributed by atoms with Crippen molar-refractivity contribution in [1.29, 1.82) is 0 Å². The number of benzene rings is 1. The first kappa shape index (κ1) is 14.7. The zero-order valence-electron chi connectivity index (χ0n) is 10.4. The third-order valence-electron chi connectivity index (χ3n) is 2.60. The fourth-order valence-corrected chi connectivity index (χ4v) is 3.71. The molecule has 0 bridgehead atoms. The Balaban J connectivity index is 2.39. The largest absolute Gasteiger partial charge is 0.469 e. The zero-order valence-corrected chi connectivity index (χ0v) is 12.1. The Labute approximate surface area is 118 Å². The standard InChI is InChI=1S/C11H11FN2O4S2/c1-18-9(15)2-3-20(16,17)6-4-7(12)10-8(5-6)19-11(13)14-10/h4-5H,2-3H2,1H3,(H2,13,14). The Kier molecular flexibility index (Phi) is 3.91. The van der Waals surface area contributed by atoms with Gasteiger partial charge in [-0.3, -0.25) is 4.79 Å². The average Bonchev–Trinajstić information content (AvgIpc) is 2.77. The predicted molar refractivity (Wildman–Crippen MR) is 72.7 cm³/mol. The number of ether oxygens (including phenoxy) is 1. The third-order valence-corrected chi connectivity index (χ3v) is 5.13. The van der Waals surface area contributed by atoms with Gasteiger partial charge in [0.2, 0.25) is 0 Å². The maximum Gasteiger partial charge on any atom is 0.306 e. The van der Waals surface area contributed by atoms with Crippen molar-refractivity contribution in [3.8, 4) is 0 Å². The summed E-state index contributed by atoms with van der Waals surface area (Å²) >= 11 is 0.996. The highest BCUT2D eigenvalue weighted by Crippen LogP contribution is 2.29. The van der Waals surface area contributed by atoms with Gasteiger partial charge in [0.25, 0.3) is 0 Å². The lowest BCUT2D eigenvalue weighted by Gasteiger charge is -2.04. The maximum atomic E-state index is 13.8. The lowest BCUT2D eigenvalue weighted by atomic mass is 10.3. The van der Waals surface area contributed by atoms with E-state index in [9.17, 15) is 17.6 Å². The van der Waals surface area contributed by atoms with Crippen LogP contribution in [0.2, 0.25) is 0 Å². The highest BCUT2D eigenvalue weighted by molar-refractivity contribution is 7.91. The van der Waals surface area contributed by atoms with Crippen molar-refractivity contribution in [3.63, 3.8) is 0 Å². The predicted octanol–water partition coefficient (Wildman–Crippen LogP) is 1.35. The number of thiazole rings is 1. The Morgan fingerprint density at radius 1 is 1.50 bits per heavy atom. The quantitative estimate of drug-likeness (QED) is 0.854. The molecule has 0 radical (unpaired) electrons. The summed E-state index contributed by atoms with van der Waals surface area (Å²) in [5.41, 5.74) is 5.51. The summed E-state index contributed by atoms with van der Waals surface area (Å²) in [6.45, 7) is 0. The molecule has 20 heavy (non-hydrogen) atoms. The van der Waals surface area contributed by atoms with E-state index < -0.39 is 27.4 Å². The van der Waals surface area contributed by atoms with Crippen LogP contribution in [0.5, 0.6) is 0 Å². The summed E-state index contributed by atoms with van der Waals surface area (Å²) in [6, 6.07) is 2.19. The van der Waals surface area contributed by atoms with Gasteiger partial charge in [0.05, 0.1) is 28.9 Å². The minimum atomic E-state index is -3.77. The van der Waals surface area contributed by atoms with Crippen molar-refractivity contribution < 1.29 is 22.3 Å². The summed E-state index contributed by atoms with van der Waals surface area (Å²) in [6.07, 6.45) is -0.288. The van der Waals surface area contributed by atoms with E-state index in [1.54, 1.807) is 0 Å². The molecule has 0 fully saturated rings. The number of rotatable bonds is 4. The number of fused-ring (bicyclic) bond motifs is 1. The van der Waals surface area contributed by atoms with Crippen molar-refractivity contribution in [2.75, 3.05) is 18.6 Å². The smallest absolute Gasteiger partial charge is 0.306 e. The van der Waals surface area contributed by atoms with E-state index in [-0.39, 0.29) is 22.0 Å². The van der Waals surface area contributed by atoms with Crippen LogP contribution in [0.15, 0.2) is 17.0 Å². The topological polar surface area (TPSA) is 99.4 Å². The Morgan fingerprint density at radius 2 is 2.20 bits per heavy atom. The number of esters is 1. The van der Waals surface area contributed by atoms with Crippen LogP contribution in [-0.4, -0.2) is 32.2 Å². The zero-order chi connectivity index (χ0) is 14.9. The number of hydrogen-bond acceptors (Lipinski definition) is 7. The molecule has 2 aromatic rings. The number of methoxy groups -OCH3 is 1. The van der Waals surface area contributed by atoms with Gasteiger partial charge in [-0.25, -0.2) is 17.8 Å². The van der Waals surface area contributed by atoms with Crippen LogP contribution < -0.4 is 5.73 Å². The number of aromatic nitrogens is 1. The molecule has 108 valence electrons. The van der Waals surface area contributed by atoms with E-state index in [4.69, 9.17) is 5.73 Å². The summed E-state index contributed by atoms with van der Waals surface area (Å²) in [7, 11) is -2.61. The number of hydrogen-bond donors (Lipinski definition) is 1. The first-order valence-electron chi connectivity index (χ1n) is 5.48. The van der Waals surface area contributed by atoms with Gasteiger partial charge >= 0.3 is 5.97 Å². The molecule has 2 rings (SSSR count). The first-order chi connectivity index (χ1) is 9.33. The third kappa shape index (κ3) is 2.88. The molecular weight excluding hydrogens is 307 g/mol. The average molecular weight is 318 g/mol. The second kappa shape index (κ2) is 5.33. The molecule has 0 aliphatic rings. The number of carbonyl (C=O) groups is 1. The van der Waals surface area contributed by atoms with Crippen molar-refractivity contribution >= 4 is 42.5 Å². The highest BCUT2D eigenvalue weighted by atomic mass is 32.2. The van der Waals surface area contributed by atoms with Gasteiger partial charge in [0.1, 0.15) is 5.52 Å². The molecule has 0 aliphatic carbocycles. The molecule has 1 aromatic carbocycles. The fourth-order valence-electron chi connectivity index (χ4n) is 1.60. The molecule has 0 aliphatic heterocycles. The number of nitrogen functional groups attached to an aromatic ring is 1. The lowest BCUT2D eigenvalue weighted by Crippen LogP contribution is -2.12. The second-order valence-electron chi connectivity index (χ2n) is 3.95. The van der Waals surface area contributed by atoms with Crippen LogP contribution in [0.25, 0.3) is 10.2 Å². The fraction of sp³-hybridized carbons (Fsp3) is 0.273. The minimum Gasteiger partial charge on any atom is -0.469 e. The van der Waals surface area contributed by atoms with Crippen molar-refractivity contribution in [3.05, 3.63) is 17.9 Å². The maximum absolute atomic E-state index is 13.8. The van der Waals surface area contributed by atoms with Gasteiger partial charge in [-0.2, -0.15) is 0 Å². The summed E-state index contributed by atoms with van der Waals surface area (Å²) in [4.78, 5) is 14.6. The van der Waals surface area contributed by atoms with Gasteiger partial charge in [-0.15, -0.1) is 0 Å². The molecule has 6 nitrogen and oxygen atoms in total. The number of anilines is 1. The number of halogens is 1. The molecule has 0 amide bonds. The van der Waals surface area contributed by atoms with Crippen LogP contribution in [0, 0.1) is 5.82 Å². The van der Waals surface area contributed by atoms with E-state index in [1.807, 2.05) is 0 Å². The molecule has 0 saturated carbocycles. The Morgan fingerprint density at radius 3 is 2.85 bits per heavy atom. The molecule has 0 saturated heterocycles. The Bertz CT molecular complexity index is 770. The molecule has 9 heteroatoms. The van der Waals surface area contributed by atoms with Gasteiger partial charge < -0.3 is 10.5 Å². The molecule has 0 spiro atoms. The monoisotopic (exact) mass is 318 g/mol. The van der Waals surface area contributed by atoms with Crippen LogP contribution in [0.1, 0.15) is 6.42 Å². The SMILES string of the molecule is COC(=O)CCS(=O)(=O)c1cc(F)c2nc(N)sc2c1. The van der Waals surface area contributed by atoms with Crippen LogP contribution in [0.4, 0.5) is 9.52 Å². The number of nitrogens with two attached hydrogens (primary N) is 1.